The lowest BCUT2D eigenvalue weighted by Crippen LogP contribution is -2.63. The third kappa shape index (κ3) is 7.81. The number of benzene rings is 1. The zero-order valence-corrected chi connectivity index (χ0v) is 29.3. The molecule has 2 amide bonds. The van der Waals surface area contributed by atoms with Crippen LogP contribution >= 0.6 is 11.6 Å². The minimum atomic E-state index is -1.78. The Hall–Kier alpha value is -3.10. The number of fused-ring (bicyclic) bond motifs is 5. The van der Waals surface area contributed by atoms with Crippen molar-refractivity contribution in [2.24, 2.45) is 5.92 Å². The molecule has 2 saturated heterocycles. The molecule has 0 unspecified atom stereocenters. The highest BCUT2D eigenvalue weighted by Gasteiger charge is 2.64. The highest BCUT2D eigenvalue weighted by Crippen LogP contribution is 2.49. The molecule has 12 nitrogen and oxygen atoms in total. The van der Waals surface area contributed by atoms with E-state index in [0.717, 1.165) is 11.1 Å². The molecule has 1 radical (unpaired) electrons. The molecule has 3 aliphatic rings. The van der Waals surface area contributed by atoms with Crippen molar-refractivity contribution in [1.82, 2.24) is 10.1 Å². The number of hydrogen-bond acceptors (Lipinski definition) is 10. The summed E-state index contributed by atoms with van der Waals surface area (Å²) < 4.78 is 29.1. The van der Waals surface area contributed by atoms with Crippen LogP contribution in [-0.2, 0) is 35.0 Å². The number of hydrogen-bond donors (Lipinski definition) is 2. The molecule has 2 fully saturated rings. The SMILES string of the molecule is C[B]N(C)[C@@H](C)C(=O)O[C@H]1CC(=O)N(C)c2cc(cc(OC)c2Cl)C/C(C)=C/C=C/[C@@H](OC)[C@@]2(O)C[C@H](OC(=O)N2)[C@@H](C)[C@@H]2O[C@@]12C. The van der Waals surface area contributed by atoms with E-state index < -0.39 is 59.8 Å². The number of anilines is 1. The molecule has 4 rings (SSSR count). The van der Waals surface area contributed by atoms with Crippen LogP contribution in [0.4, 0.5) is 10.5 Å². The number of aliphatic hydroxyl groups is 1. The smallest absolute Gasteiger partial charge is 0.409 e. The van der Waals surface area contributed by atoms with Gasteiger partial charge in [0.05, 0.1) is 31.4 Å². The lowest BCUT2D eigenvalue weighted by molar-refractivity contribution is -0.157. The van der Waals surface area contributed by atoms with Crippen molar-refractivity contribution >= 4 is 42.7 Å². The van der Waals surface area contributed by atoms with Gasteiger partial charge in [-0.25, -0.2) is 4.79 Å². The van der Waals surface area contributed by atoms with Crippen molar-refractivity contribution in [3.8, 4) is 5.75 Å². The number of carbonyl (C=O) groups excluding carboxylic acids is 3. The molecule has 1 aromatic carbocycles. The molecule has 0 spiro atoms. The molecular weight excluding hydrogens is 629 g/mol. The number of allylic oxidation sites excluding steroid dienone is 3. The Morgan fingerprint density at radius 2 is 2.00 bits per heavy atom. The number of ether oxygens (including phenoxy) is 5. The topological polar surface area (TPSA) is 139 Å². The van der Waals surface area contributed by atoms with E-state index in [1.165, 1.54) is 19.1 Å². The predicted molar refractivity (Wildman–Crippen MR) is 178 cm³/mol. The van der Waals surface area contributed by atoms with Crippen LogP contribution < -0.4 is 15.0 Å². The number of nitrogens with one attached hydrogen (secondary N) is 1. The average molecular weight is 675 g/mol. The Morgan fingerprint density at radius 3 is 2.64 bits per heavy atom. The van der Waals surface area contributed by atoms with Crippen molar-refractivity contribution < 1.29 is 43.2 Å². The van der Waals surface area contributed by atoms with E-state index in [2.05, 4.69) is 5.32 Å². The van der Waals surface area contributed by atoms with E-state index in [4.69, 9.17) is 35.3 Å². The third-order valence-corrected chi connectivity index (χ3v) is 9.95. The summed E-state index contributed by atoms with van der Waals surface area (Å²) in [5.74, 6) is -0.959. The van der Waals surface area contributed by atoms with Crippen molar-refractivity contribution in [3.63, 3.8) is 0 Å². The van der Waals surface area contributed by atoms with E-state index in [1.54, 1.807) is 59.1 Å². The third-order valence-electron chi connectivity index (χ3n) is 9.57. The molecule has 8 atom stereocenters. The van der Waals surface area contributed by atoms with Gasteiger partial charge in [-0.15, -0.1) is 0 Å². The average Bonchev–Trinajstić information content (AvgIpc) is 3.73. The predicted octanol–water partition coefficient (Wildman–Crippen LogP) is 3.66. The number of carbonyl (C=O) groups is 3. The van der Waals surface area contributed by atoms with E-state index in [9.17, 15) is 19.5 Å². The van der Waals surface area contributed by atoms with E-state index in [1.807, 2.05) is 32.1 Å². The van der Waals surface area contributed by atoms with Gasteiger partial charge in [-0.1, -0.05) is 49.1 Å². The molecule has 4 bridgehead atoms. The Morgan fingerprint density at radius 1 is 1.30 bits per heavy atom. The maximum absolute atomic E-state index is 14.0. The number of alkyl carbamates (subject to hydrolysis) is 1. The van der Waals surface area contributed by atoms with Crippen LogP contribution in [0.5, 0.6) is 5.75 Å². The summed E-state index contributed by atoms with van der Waals surface area (Å²) in [7, 11) is 8.07. The van der Waals surface area contributed by atoms with Gasteiger partial charge < -0.3 is 38.5 Å². The number of methoxy groups -OCH3 is 2. The Labute approximate surface area is 282 Å². The van der Waals surface area contributed by atoms with Crippen LogP contribution in [0.3, 0.4) is 0 Å². The van der Waals surface area contributed by atoms with E-state index in [-0.39, 0.29) is 23.8 Å². The normalized spacial score (nSPS) is 33.8. The van der Waals surface area contributed by atoms with Crippen molar-refractivity contribution in [2.75, 3.05) is 33.2 Å². The van der Waals surface area contributed by atoms with Crippen LogP contribution in [0.15, 0.2) is 35.9 Å². The molecule has 3 heterocycles. The minimum absolute atomic E-state index is 0.00813. The van der Waals surface area contributed by atoms with Crippen LogP contribution in [-0.4, -0.2) is 105 Å². The first-order valence-corrected chi connectivity index (χ1v) is 16.1. The number of nitrogens with zero attached hydrogens (tertiary/aromatic N) is 2. The van der Waals surface area contributed by atoms with Crippen LogP contribution in [0.2, 0.25) is 11.8 Å². The fourth-order valence-electron chi connectivity index (χ4n) is 6.23. The standard InChI is InChI=1S/C33H46BClN3O9/c1-18-11-10-12-25(44-9)33(42)17-24(45-31(41)36-33)19(2)29-32(4,47-29)26(46-30(40)20(3)38(7)34-5)16-27(39)37(6)22-14-21(13-18)15-23(43-8)28(22)35/h10-12,14-15,19-20,24-26,29,42H,13,16-17H2,1-9H3,(H,36,41)/b12-10+,18-11+/t19-,20+,24+,25-,26+,29+,32+,33+/m1/s1. The van der Waals surface area contributed by atoms with Crippen molar-refractivity contribution in [3.05, 3.63) is 46.5 Å². The summed E-state index contributed by atoms with van der Waals surface area (Å²) in [6.07, 6.45) is 1.49. The molecule has 0 saturated carbocycles. The molecule has 3 aliphatic heterocycles. The second kappa shape index (κ2) is 14.6. The number of rotatable bonds is 6. The molecule has 2 N–H and O–H groups in total. The van der Waals surface area contributed by atoms with Crippen LogP contribution in [0, 0.1) is 5.92 Å². The second-order valence-electron chi connectivity index (χ2n) is 12.8. The molecule has 0 aromatic heterocycles. The van der Waals surface area contributed by atoms with Crippen molar-refractivity contribution in [1.29, 1.82) is 0 Å². The molecule has 47 heavy (non-hydrogen) atoms. The molecule has 0 aliphatic carbocycles. The summed E-state index contributed by atoms with van der Waals surface area (Å²) in [6, 6.07) is 3.00. The lowest BCUT2D eigenvalue weighted by Gasteiger charge is -2.42. The van der Waals surface area contributed by atoms with Gasteiger partial charge in [-0.05, 0) is 51.9 Å². The number of halogens is 1. The number of epoxide rings is 1. The Bertz CT molecular complexity index is 1430. The van der Waals surface area contributed by atoms with Gasteiger partial charge in [0.2, 0.25) is 13.3 Å². The van der Waals surface area contributed by atoms with Gasteiger partial charge >= 0.3 is 12.1 Å². The molecular formula is C33H46BClN3O9. The molecule has 1 aromatic rings. The van der Waals surface area contributed by atoms with Gasteiger partial charge in [0, 0.05) is 26.5 Å². The first-order chi connectivity index (χ1) is 22.1. The van der Waals surface area contributed by atoms with Gasteiger partial charge in [0.1, 0.15) is 34.7 Å². The Kier molecular flexibility index (Phi) is 11.4. The number of likely N-dealkylation sites (N-methyl/N-ethyl adjacent to an activating group) is 1. The second-order valence-corrected chi connectivity index (χ2v) is 13.2. The Balaban J connectivity index is 1.79. The molecule has 257 valence electrons. The first-order valence-electron chi connectivity index (χ1n) is 15.7. The summed E-state index contributed by atoms with van der Waals surface area (Å²) in [6.45, 7) is 9.05. The largest absolute Gasteiger partial charge is 0.495 e. The lowest BCUT2D eigenvalue weighted by atomic mass is 9.83. The van der Waals surface area contributed by atoms with Gasteiger partial charge in [-0.2, -0.15) is 0 Å². The van der Waals surface area contributed by atoms with Gasteiger partial charge in [0.15, 0.2) is 5.72 Å². The van der Waals surface area contributed by atoms with E-state index >= 15 is 0 Å². The number of esters is 1. The van der Waals surface area contributed by atoms with Gasteiger partial charge in [-0.3, -0.25) is 14.9 Å². The molecule has 14 heteroatoms. The van der Waals surface area contributed by atoms with Gasteiger partial charge in [0.25, 0.3) is 0 Å². The summed E-state index contributed by atoms with van der Waals surface area (Å²) in [5, 5.41) is 14.4. The fraction of sp³-hybridized carbons (Fsp3) is 0.606. The maximum Gasteiger partial charge on any atom is 0.409 e. The fourth-order valence-corrected chi connectivity index (χ4v) is 6.55. The van der Waals surface area contributed by atoms with Crippen LogP contribution in [0.25, 0.3) is 0 Å². The summed E-state index contributed by atoms with van der Waals surface area (Å²) in [5.41, 5.74) is -0.665. The maximum atomic E-state index is 14.0. The number of amides is 2. The van der Waals surface area contributed by atoms with Crippen LogP contribution in [0.1, 0.15) is 46.1 Å². The zero-order valence-electron chi connectivity index (χ0n) is 28.5. The highest BCUT2D eigenvalue weighted by atomic mass is 35.5. The monoisotopic (exact) mass is 674 g/mol. The first kappa shape index (κ1) is 36.7. The quantitative estimate of drug-likeness (QED) is 0.261. The minimum Gasteiger partial charge on any atom is -0.495 e. The summed E-state index contributed by atoms with van der Waals surface area (Å²) in [4.78, 5) is 43.2. The highest BCUT2D eigenvalue weighted by molar-refractivity contribution is 6.35. The van der Waals surface area contributed by atoms with Crippen molar-refractivity contribution in [2.45, 2.75) is 95.6 Å². The summed E-state index contributed by atoms with van der Waals surface area (Å²) >= 11 is 6.72. The van der Waals surface area contributed by atoms with E-state index in [0.29, 0.717) is 17.9 Å². The zero-order chi connectivity index (χ0) is 34.8.